The van der Waals surface area contributed by atoms with Gasteiger partial charge in [0, 0.05) is 22.5 Å². The van der Waals surface area contributed by atoms with E-state index in [9.17, 15) is 0 Å². The van der Waals surface area contributed by atoms with Crippen molar-refractivity contribution < 1.29 is 0 Å². The number of hydrogen-bond acceptors (Lipinski definition) is 2. The molecule has 0 radical (unpaired) electrons. The van der Waals surface area contributed by atoms with E-state index in [-0.39, 0.29) is 5.41 Å². The van der Waals surface area contributed by atoms with Crippen LogP contribution in [0.15, 0.2) is 35.8 Å². The Morgan fingerprint density at radius 3 is 2.70 bits per heavy atom. The molecule has 0 fully saturated rings. The molecule has 3 rings (SSSR count). The third kappa shape index (κ3) is 2.50. The summed E-state index contributed by atoms with van der Waals surface area (Å²) >= 11 is 1.75. The van der Waals surface area contributed by atoms with Gasteiger partial charge in [-0.2, -0.15) is 0 Å². The predicted octanol–water partition coefficient (Wildman–Crippen LogP) is 4.75. The molecule has 20 heavy (non-hydrogen) atoms. The molecule has 2 nitrogen and oxygen atoms in total. The van der Waals surface area contributed by atoms with E-state index in [1.165, 1.54) is 27.2 Å². The largest absolute Gasteiger partial charge is 0.341 e. The molecule has 2 aromatic heterocycles. The van der Waals surface area contributed by atoms with E-state index in [0.29, 0.717) is 0 Å². The minimum atomic E-state index is 0.130. The molecule has 1 aromatic carbocycles. The Morgan fingerprint density at radius 2 is 2.00 bits per heavy atom. The fraction of sp³-hybridized carbons (Fsp3) is 0.353. The molecular weight excluding hydrogens is 264 g/mol. The minimum absolute atomic E-state index is 0.130. The quantitative estimate of drug-likeness (QED) is 0.664. The topological polar surface area (TPSA) is 17.8 Å². The van der Waals surface area contributed by atoms with Gasteiger partial charge in [-0.15, -0.1) is 11.3 Å². The first-order valence-corrected chi connectivity index (χ1v) is 7.82. The van der Waals surface area contributed by atoms with E-state index < -0.39 is 0 Å². The number of hydrogen-bond donors (Lipinski definition) is 0. The van der Waals surface area contributed by atoms with E-state index in [4.69, 9.17) is 4.98 Å². The standard InChI is InChI=1S/C17H20N2S/c1-12-5-6-14-13(9-12)7-8-19(14)10-16-18-15(11-20-16)17(2,3)4/h5-9,11H,10H2,1-4H3. The summed E-state index contributed by atoms with van der Waals surface area (Å²) in [6.07, 6.45) is 2.16. The molecule has 3 aromatic rings. The van der Waals surface area contributed by atoms with Gasteiger partial charge >= 0.3 is 0 Å². The highest BCUT2D eigenvalue weighted by molar-refractivity contribution is 7.09. The van der Waals surface area contributed by atoms with Gasteiger partial charge in [-0.3, -0.25) is 0 Å². The Kier molecular flexibility index (Phi) is 3.17. The molecule has 0 bridgehead atoms. The van der Waals surface area contributed by atoms with E-state index in [2.05, 4.69) is 68.1 Å². The summed E-state index contributed by atoms with van der Waals surface area (Å²) in [5.74, 6) is 0. The van der Waals surface area contributed by atoms with Crippen molar-refractivity contribution in [2.45, 2.75) is 39.7 Å². The van der Waals surface area contributed by atoms with Crippen LogP contribution in [0.4, 0.5) is 0 Å². The lowest BCUT2D eigenvalue weighted by Crippen LogP contribution is -2.11. The molecule has 0 aliphatic heterocycles. The molecule has 2 heterocycles. The summed E-state index contributed by atoms with van der Waals surface area (Å²) in [6.45, 7) is 9.61. The van der Waals surface area contributed by atoms with E-state index >= 15 is 0 Å². The predicted molar refractivity (Wildman–Crippen MR) is 86.6 cm³/mol. The molecule has 104 valence electrons. The maximum Gasteiger partial charge on any atom is 0.113 e. The second-order valence-electron chi connectivity index (χ2n) is 6.38. The first-order chi connectivity index (χ1) is 9.43. The van der Waals surface area contributed by atoms with Gasteiger partial charge in [0.25, 0.3) is 0 Å². The lowest BCUT2D eigenvalue weighted by atomic mass is 9.93. The second-order valence-corrected chi connectivity index (χ2v) is 7.33. The monoisotopic (exact) mass is 284 g/mol. The van der Waals surface area contributed by atoms with Gasteiger partial charge in [-0.25, -0.2) is 4.98 Å². The zero-order chi connectivity index (χ0) is 14.3. The van der Waals surface area contributed by atoms with Crippen LogP contribution in [0, 0.1) is 6.92 Å². The van der Waals surface area contributed by atoms with Crippen molar-refractivity contribution >= 4 is 22.2 Å². The maximum atomic E-state index is 4.78. The van der Waals surface area contributed by atoms with Gasteiger partial charge in [0.1, 0.15) is 5.01 Å². The lowest BCUT2D eigenvalue weighted by Gasteiger charge is -2.14. The first-order valence-electron chi connectivity index (χ1n) is 6.94. The van der Waals surface area contributed by atoms with E-state index in [1.807, 2.05) is 0 Å². The Labute approximate surface area is 124 Å². The normalized spacial score (nSPS) is 12.2. The molecule has 0 aliphatic rings. The smallest absolute Gasteiger partial charge is 0.113 e. The maximum absolute atomic E-state index is 4.78. The van der Waals surface area contributed by atoms with E-state index in [1.54, 1.807) is 11.3 Å². The fourth-order valence-corrected chi connectivity index (χ4v) is 3.35. The van der Waals surface area contributed by atoms with Gasteiger partial charge in [0.15, 0.2) is 0 Å². The van der Waals surface area contributed by atoms with Crippen LogP contribution in [0.25, 0.3) is 10.9 Å². The van der Waals surface area contributed by atoms with Crippen molar-refractivity contribution in [2.24, 2.45) is 0 Å². The van der Waals surface area contributed by atoms with Gasteiger partial charge in [0.05, 0.1) is 12.2 Å². The van der Waals surface area contributed by atoms with Crippen LogP contribution in [0.1, 0.15) is 37.0 Å². The van der Waals surface area contributed by atoms with Crippen LogP contribution >= 0.6 is 11.3 Å². The van der Waals surface area contributed by atoms with Crippen molar-refractivity contribution in [3.05, 3.63) is 52.1 Å². The summed E-state index contributed by atoms with van der Waals surface area (Å²) in [5.41, 5.74) is 3.90. The molecular formula is C17H20N2S. The number of nitrogens with zero attached hydrogens (tertiary/aromatic N) is 2. The molecule has 0 spiro atoms. The average molecular weight is 284 g/mol. The SMILES string of the molecule is Cc1ccc2c(ccn2Cc2nc(C(C)(C)C)cs2)c1. The summed E-state index contributed by atoms with van der Waals surface area (Å²) < 4.78 is 2.28. The van der Waals surface area contributed by atoms with Crippen LogP contribution < -0.4 is 0 Å². The van der Waals surface area contributed by atoms with Gasteiger partial charge in [0.2, 0.25) is 0 Å². The highest BCUT2D eigenvalue weighted by Gasteiger charge is 2.17. The number of aryl methyl sites for hydroxylation is 1. The van der Waals surface area contributed by atoms with Crippen LogP contribution in [-0.4, -0.2) is 9.55 Å². The Bertz CT molecular complexity index is 744. The second kappa shape index (κ2) is 4.74. The molecule has 3 heteroatoms. The number of rotatable bonds is 2. The summed E-state index contributed by atoms with van der Waals surface area (Å²) in [6, 6.07) is 8.78. The van der Waals surface area contributed by atoms with Crippen molar-refractivity contribution in [3.8, 4) is 0 Å². The fourth-order valence-electron chi connectivity index (χ4n) is 2.33. The zero-order valence-corrected chi connectivity index (χ0v) is 13.3. The van der Waals surface area contributed by atoms with Gasteiger partial charge in [-0.1, -0.05) is 32.4 Å². The number of fused-ring (bicyclic) bond motifs is 1. The Balaban J connectivity index is 1.91. The summed E-state index contributed by atoms with van der Waals surface area (Å²) in [5, 5.41) is 4.66. The molecule has 0 atom stereocenters. The summed E-state index contributed by atoms with van der Waals surface area (Å²) in [7, 11) is 0. The minimum Gasteiger partial charge on any atom is -0.341 e. The third-order valence-electron chi connectivity index (χ3n) is 3.55. The molecule has 0 unspecified atom stereocenters. The molecule has 0 amide bonds. The Hall–Kier alpha value is -1.61. The molecule has 0 saturated carbocycles. The van der Waals surface area contributed by atoms with E-state index in [0.717, 1.165) is 6.54 Å². The number of thiazole rings is 1. The van der Waals surface area contributed by atoms with Crippen molar-refractivity contribution in [1.82, 2.24) is 9.55 Å². The van der Waals surface area contributed by atoms with Crippen LogP contribution in [-0.2, 0) is 12.0 Å². The van der Waals surface area contributed by atoms with Crippen molar-refractivity contribution in [2.75, 3.05) is 0 Å². The zero-order valence-electron chi connectivity index (χ0n) is 12.5. The first kappa shape index (κ1) is 13.4. The highest BCUT2D eigenvalue weighted by atomic mass is 32.1. The summed E-state index contributed by atoms with van der Waals surface area (Å²) in [4.78, 5) is 4.78. The van der Waals surface area contributed by atoms with Gasteiger partial charge < -0.3 is 4.57 Å². The van der Waals surface area contributed by atoms with Crippen LogP contribution in [0.2, 0.25) is 0 Å². The Morgan fingerprint density at radius 1 is 1.20 bits per heavy atom. The lowest BCUT2D eigenvalue weighted by molar-refractivity contribution is 0.570. The molecule has 0 saturated heterocycles. The molecule has 0 N–H and O–H groups in total. The third-order valence-corrected chi connectivity index (χ3v) is 4.39. The highest BCUT2D eigenvalue weighted by Crippen LogP contribution is 2.25. The average Bonchev–Trinajstić information content (AvgIpc) is 2.96. The van der Waals surface area contributed by atoms with Crippen molar-refractivity contribution in [1.29, 1.82) is 0 Å². The molecule has 0 aliphatic carbocycles. The van der Waals surface area contributed by atoms with Crippen LogP contribution in [0.3, 0.4) is 0 Å². The number of aromatic nitrogens is 2. The van der Waals surface area contributed by atoms with Crippen LogP contribution in [0.5, 0.6) is 0 Å². The number of benzene rings is 1. The van der Waals surface area contributed by atoms with Crippen molar-refractivity contribution in [3.63, 3.8) is 0 Å². The van der Waals surface area contributed by atoms with Gasteiger partial charge in [-0.05, 0) is 30.5 Å².